The Kier molecular flexibility index (Phi) is 7.97. The van der Waals surface area contributed by atoms with Crippen LogP contribution in [0.3, 0.4) is 0 Å². The number of nitrogens with zero attached hydrogens (tertiary/aromatic N) is 1. The Morgan fingerprint density at radius 3 is 2.39 bits per heavy atom. The molecule has 0 atom stereocenters. The number of anilines is 1. The third-order valence-electron chi connectivity index (χ3n) is 5.32. The lowest BCUT2D eigenvalue weighted by molar-refractivity contribution is -0.122. The van der Waals surface area contributed by atoms with Crippen LogP contribution in [-0.2, 0) is 9.59 Å². The summed E-state index contributed by atoms with van der Waals surface area (Å²) < 4.78 is 11.3. The molecule has 9 heteroatoms. The van der Waals surface area contributed by atoms with Crippen LogP contribution < -0.4 is 19.7 Å². The molecule has 1 saturated heterocycles. The number of amides is 4. The Bertz CT molecular complexity index is 1320. The first-order valence-corrected chi connectivity index (χ1v) is 12.4. The van der Waals surface area contributed by atoms with Crippen molar-refractivity contribution in [2.45, 2.75) is 11.8 Å². The Hall–Kier alpha value is -3.75. The first kappa shape index (κ1) is 25.3. The second kappa shape index (κ2) is 11.3. The third kappa shape index (κ3) is 5.90. The molecule has 7 nitrogen and oxygen atoms in total. The Morgan fingerprint density at radius 2 is 1.69 bits per heavy atom. The minimum Gasteiger partial charge on any atom is -0.493 e. The number of aryl methyl sites for hydroxylation is 1. The van der Waals surface area contributed by atoms with Crippen LogP contribution in [0.15, 0.2) is 77.2 Å². The van der Waals surface area contributed by atoms with Gasteiger partial charge in [0.25, 0.3) is 11.8 Å². The first-order valence-electron chi connectivity index (χ1n) is 11.0. The maximum atomic E-state index is 13.1. The summed E-state index contributed by atoms with van der Waals surface area (Å²) in [4.78, 5) is 39.9. The Balaban J connectivity index is 1.47. The van der Waals surface area contributed by atoms with Gasteiger partial charge in [0.2, 0.25) is 0 Å². The summed E-state index contributed by atoms with van der Waals surface area (Å²) in [6.07, 6.45) is 1.41. The number of hydrogen-bond acceptors (Lipinski definition) is 6. The summed E-state index contributed by atoms with van der Waals surface area (Å²) in [5.41, 5.74) is 1.86. The predicted molar refractivity (Wildman–Crippen MR) is 141 cm³/mol. The average molecular weight is 523 g/mol. The van der Waals surface area contributed by atoms with Crippen LogP contribution in [-0.4, -0.2) is 37.3 Å². The first-order chi connectivity index (χ1) is 17.4. The molecular weight excluding hydrogens is 500 g/mol. The molecule has 184 valence electrons. The molecule has 0 saturated carbocycles. The summed E-state index contributed by atoms with van der Waals surface area (Å²) in [6.45, 7) is 2.52. The van der Waals surface area contributed by atoms with Crippen molar-refractivity contribution in [1.82, 2.24) is 5.32 Å². The van der Waals surface area contributed by atoms with E-state index < -0.39 is 17.8 Å². The lowest BCUT2D eigenvalue weighted by Crippen LogP contribution is -2.54. The maximum Gasteiger partial charge on any atom is 0.335 e. The number of nitrogens with one attached hydrogen (secondary N) is 1. The standard InChI is InChI=1S/C27H23ClN2O5S/c1-17-3-10-21(11-4-17)36-14-13-35-23-12-5-18(16-24(23)34-2)15-22-25(31)29-27(33)30(26(22)32)20-8-6-19(28)7-9-20/h3-12,15-16H,13-14H2,1-2H3,(H,29,31,33). The monoisotopic (exact) mass is 522 g/mol. The fourth-order valence-corrected chi connectivity index (χ4v) is 4.34. The van der Waals surface area contributed by atoms with Crippen molar-refractivity contribution >= 4 is 53.0 Å². The molecule has 1 N–H and O–H groups in total. The number of barbiturate groups is 1. The second-order valence-corrected chi connectivity index (χ2v) is 9.46. The van der Waals surface area contributed by atoms with Crippen molar-refractivity contribution in [2.24, 2.45) is 0 Å². The molecular formula is C27H23ClN2O5S. The second-order valence-electron chi connectivity index (χ2n) is 7.85. The largest absolute Gasteiger partial charge is 0.493 e. The van der Waals surface area contributed by atoms with E-state index in [0.717, 1.165) is 10.7 Å². The van der Waals surface area contributed by atoms with E-state index in [1.165, 1.54) is 35.8 Å². The number of methoxy groups -OCH3 is 1. The lowest BCUT2D eigenvalue weighted by Gasteiger charge is -2.26. The number of carbonyl (C=O) groups is 3. The van der Waals surface area contributed by atoms with E-state index in [9.17, 15) is 14.4 Å². The Labute approximate surface area is 218 Å². The molecule has 0 radical (unpaired) electrons. The van der Waals surface area contributed by atoms with E-state index in [-0.39, 0.29) is 5.57 Å². The molecule has 4 amide bonds. The molecule has 3 aromatic carbocycles. The topological polar surface area (TPSA) is 84.9 Å². The molecule has 1 heterocycles. The minimum atomic E-state index is -0.825. The highest BCUT2D eigenvalue weighted by Gasteiger charge is 2.36. The van der Waals surface area contributed by atoms with Gasteiger partial charge in [0, 0.05) is 15.7 Å². The summed E-state index contributed by atoms with van der Waals surface area (Å²) in [5, 5.41) is 2.66. The Morgan fingerprint density at radius 1 is 0.972 bits per heavy atom. The average Bonchev–Trinajstić information content (AvgIpc) is 2.87. The van der Waals surface area contributed by atoms with E-state index in [2.05, 4.69) is 36.5 Å². The number of thioether (sulfide) groups is 1. The lowest BCUT2D eigenvalue weighted by atomic mass is 10.1. The van der Waals surface area contributed by atoms with E-state index in [4.69, 9.17) is 21.1 Å². The number of ether oxygens (including phenoxy) is 2. The van der Waals surface area contributed by atoms with Gasteiger partial charge in [0.1, 0.15) is 5.57 Å². The van der Waals surface area contributed by atoms with Crippen molar-refractivity contribution < 1.29 is 23.9 Å². The number of rotatable bonds is 8. The van der Waals surface area contributed by atoms with Crippen LogP contribution in [0.2, 0.25) is 5.02 Å². The van der Waals surface area contributed by atoms with Crippen LogP contribution >= 0.6 is 23.4 Å². The molecule has 0 unspecified atom stereocenters. The molecule has 0 spiro atoms. The SMILES string of the molecule is COc1cc(C=C2C(=O)NC(=O)N(c3ccc(Cl)cc3)C2=O)ccc1OCCSc1ccc(C)cc1. The maximum absolute atomic E-state index is 13.1. The van der Waals surface area contributed by atoms with E-state index in [1.807, 2.05) is 0 Å². The van der Waals surface area contributed by atoms with Gasteiger partial charge in [-0.1, -0.05) is 35.4 Å². The fraction of sp³-hybridized carbons (Fsp3) is 0.148. The van der Waals surface area contributed by atoms with Gasteiger partial charge in [-0.25, -0.2) is 9.69 Å². The van der Waals surface area contributed by atoms with Gasteiger partial charge >= 0.3 is 6.03 Å². The zero-order chi connectivity index (χ0) is 25.7. The van der Waals surface area contributed by atoms with Crippen molar-refractivity contribution in [3.8, 4) is 11.5 Å². The van der Waals surface area contributed by atoms with Crippen molar-refractivity contribution in [3.63, 3.8) is 0 Å². The predicted octanol–water partition coefficient (Wildman–Crippen LogP) is 5.49. The molecule has 4 rings (SSSR count). The molecule has 3 aromatic rings. The zero-order valence-corrected chi connectivity index (χ0v) is 21.2. The van der Waals surface area contributed by atoms with Crippen molar-refractivity contribution in [3.05, 3.63) is 88.5 Å². The van der Waals surface area contributed by atoms with E-state index >= 15 is 0 Å². The number of carbonyl (C=O) groups excluding carboxylic acids is 3. The number of halogens is 1. The summed E-state index contributed by atoms with van der Waals surface area (Å²) >= 11 is 7.60. The molecule has 1 aliphatic rings. The highest BCUT2D eigenvalue weighted by Crippen LogP contribution is 2.30. The molecule has 0 bridgehead atoms. The number of imide groups is 2. The molecule has 36 heavy (non-hydrogen) atoms. The van der Waals surface area contributed by atoms with Gasteiger partial charge in [0.05, 0.1) is 19.4 Å². The normalized spacial score (nSPS) is 14.7. The highest BCUT2D eigenvalue weighted by molar-refractivity contribution is 7.99. The third-order valence-corrected chi connectivity index (χ3v) is 6.54. The van der Waals surface area contributed by atoms with Crippen LogP contribution in [0.25, 0.3) is 6.08 Å². The molecule has 1 aliphatic heterocycles. The van der Waals surface area contributed by atoms with E-state index in [1.54, 1.807) is 42.1 Å². The number of hydrogen-bond donors (Lipinski definition) is 1. The van der Waals surface area contributed by atoms with Gasteiger partial charge in [-0.15, -0.1) is 11.8 Å². The van der Waals surface area contributed by atoms with Gasteiger partial charge in [-0.2, -0.15) is 0 Å². The van der Waals surface area contributed by atoms with E-state index in [0.29, 0.717) is 34.4 Å². The van der Waals surface area contributed by atoms with Gasteiger partial charge in [0.15, 0.2) is 11.5 Å². The quantitative estimate of drug-likeness (QED) is 0.182. The minimum absolute atomic E-state index is 0.185. The fourth-order valence-electron chi connectivity index (χ4n) is 3.49. The smallest absolute Gasteiger partial charge is 0.335 e. The summed E-state index contributed by atoms with van der Waals surface area (Å²) in [7, 11) is 1.51. The van der Waals surface area contributed by atoms with Gasteiger partial charge in [-0.05, 0) is 67.1 Å². The zero-order valence-electron chi connectivity index (χ0n) is 19.6. The van der Waals surface area contributed by atoms with Crippen molar-refractivity contribution in [1.29, 1.82) is 0 Å². The summed E-state index contributed by atoms with van der Waals surface area (Å²) in [6, 6.07) is 18.7. The highest BCUT2D eigenvalue weighted by atomic mass is 35.5. The number of urea groups is 1. The van der Waals surface area contributed by atoms with Crippen molar-refractivity contribution in [2.75, 3.05) is 24.4 Å². The molecule has 0 aromatic heterocycles. The molecule has 0 aliphatic carbocycles. The van der Waals surface area contributed by atoms with Gasteiger partial charge in [-0.3, -0.25) is 14.9 Å². The molecule has 1 fully saturated rings. The number of benzene rings is 3. The van der Waals surface area contributed by atoms with Crippen LogP contribution in [0, 0.1) is 6.92 Å². The van der Waals surface area contributed by atoms with Crippen LogP contribution in [0.1, 0.15) is 11.1 Å². The van der Waals surface area contributed by atoms with Crippen LogP contribution in [0.4, 0.5) is 10.5 Å². The van der Waals surface area contributed by atoms with Crippen LogP contribution in [0.5, 0.6) is 11.5 Å². The summed E-state index contributed by atoms with van der Waals surface area (Å²) in [5.74, 6) is 0.239. The van der Waals surface area contributed by atoms with Gasteiger partial charge < -0.3 is 9.47 Å².